The number of Topliss-reactive ketones (excluding diaryl/α,β-unsaturated/α-hetero) is 1. The van der Waals surface area contributed by atoms with E-state index in [2.05, 4.69) is 0 Å². The maximum absolute atomic E-state index is 11.3. The van der Waals surface area contributed by atoms with E-state index >= 15 is 0 Å². The molecule has 1 aromatic carbocycles. The van der Waals surface area contributed by atoms with Crippen LogP contribution in [-0.2, 0) is 11.3 Å². The molecule has 0 aliphatic carbocycles. The molecule has 94 valence electrons. The van der Waals surface area contributed by atoms with Crippen LogP contribution in [0, 0.1) is 0 Å². The van der Waals surface area contributed by atoms with Gasteiger partial charge in [-0.2, -0.15) is 0 Å². The molecule has 0 atom stereocenters. The van der Waals surface area contributed by atoms with Gasteiger partial charge in [-0.15, -0.1) is 0 Å². The van der Waals surface area contributed by atoms with Crippen LogP contribution in [0.2, 0.25) is 0 Å². The SMILES string of the molecule is COc1ccc(C(C)=O)cc1COC(C)(C)C. The van der Waals surface area contributed by atoms with Crippen molar-refractivity contribution in [1.29, 1.82) is 0 Å². The van der Waals surface area contributed by atoms with Gasteiger partial charge < -0.3 is 9.47 Å². The molecule has 0 amide bonds. The van der Waals surface area contributed by atoms with Crippen molar-refractivity contribution >= 4 is 5.78 Å². The van der Waals surface area contributed by atoms with Gasteiger partial charge in [-0.05, 0) is 45.9 Å². The lowest BCUT2D eigenvalue weighted by Crippen LogP contribution is -2.19. The monoisotopic (exact) mass is 236 g/mol. The maximum atomic E-state index is 11.3. The van der Waals surface area contributed by atoms with Crippen molar-refractivity contribution < 1.29 is 14.3 Å². The van der Waals surface area contributed by atoms with Gasteiger partial charge >= 0.3 is 0 Å². The smallest absolute Gasteiger partial charge is 0.159 e. The topological polar surface area (TPSA) is 35.5 Å². The predicted octanol–water partition coefficient (Wildman–Crippen LogP) is 3.21. The van der Waals surface area contributed by atoms with Crippen molar-refractivity contribution in [3.05, 3.63) is 29.3 Å². The molecule has 0 aliphatic heterocycles. The largest absolute Gasteiger partial charge is 0.496 e. The summed E-state index contributed by atoms with van der Waals surface area (Å²) in [5.74, 6) is 0.795. The van der Waals surface area contributed by atoms with Gasteiger partial charge in [0.2, 0.25) is 0 Å². The molecular weight excluding hydrogens is 216 g/mol. The lowest BCUT2D eigenvalue weighted by molar-refractivity contribution is -0.0156. The Hall–Kier alpha value is -1.35. The minimum atomic E-state index is -0.211. The van der Waals surface area contributed by atoms with Gasteiger partial charge in [0.05, 0.1) is 19.3 Å². The first-order valence-electron chi connectivity index (χ1n) is 5.65. The Bertz CT molecular complexity index is 402. The normalized spacial score (nSPS) is 11.4. The summed E-state index contributed by atoms with van der Waals surface area (Å²) in [5, 5.41) is 0. The van der Waals surface area contributed by atoms with Crippen LogP contribution in [0.15, 0.2) is 18.2 Å². The van der Waals surface area contributed by atoms with E-state index in [-0.39, 0.29) is 11.4 Å². The van der Waals surface area contributed by atoms with E-state index in [4.69, 9.17) is 9.47 Å². The van der Waals surface area contributed by atoms with Gasteiger partial charge in [0.25, 0.3) is 0 Å². The molecule has 0 heterocycles. The molecule has 0 N–H and O–H groups in total. The lowest BCUT2D eigenvalue weighted by atomic mass is 10.1. The van der Waals surface area contributed by atoms with Crippen LogP contribution in [0.5, 0.6) is 5.75 Å². The van der Waals surface area contributed by atoms with Crippen molar-refractivity contribution in [2.75, 3.05) is 7.11 Å². The predicted molar refractivity (Wildman–Crippen MR) is 67.5 cm³/mol. The van der Waals surface area contributed by atoms with Crippen molar-refractivity contribution in [2.24, 2.45) is 0 Å². The molecule has 0 fully saturated rings. The third kappa shape index (κ3) is 4.19. The van der Waals surface area contributed by atoms with E-state index in [0.29, 0.717) is 12.2 Å². The highest BCUT2D eigenvalue weighted by Gasteiger charge is 2.13. The summed E-state index contributed by atoms with van der Waals surface area (Å²) < 4.78 is 11.0. The zero-order valence-corrected chi connectivity index (χ0v) is 11.2. The molecule has 0 aliphatic rings. The number of rotatable bonds is 4. The average Bonchev–Trinajstić information content (AvgIpc) is 2.24. The summed E-state index contributed by atoms with van der Waals surface area (Å²) in [6.07, 6.45) is 0. The van der Waals surface area contributed by atoms with Crippen LogP contribution in [0.25, 0.3) is 0 Å². The summed E-state index contributed by atoms with van der Waals surface area (Å²) in [4.78, 5) is 11.3. The summed E-state index contributed by atoms with van der Waals surface area (Å²) in [7, 11) is 1.61. The summed E-state index contributed by atoms with van der Waals surface area (Å²) in [6.45, 7) is 7.97. The second kappa shape index (κ2) is 5.32. The van der Waals surface area contributed by atoms with E-state index in [1.165, 1.54) is 0 Å². The van der Waals surface area contributed by atoms with Crippen molar-refractivity contribution in [1.82, 2.24) is 0 Å². The quantitative estimate of drug-likeness (QED) is 0.753. The van der Waals surface area contributed by atoms with Crippen LogP contribution in [0.3, 0.4) is 0 Å². The van der Waals surface area contributed by atoms with Gasteiger partial charge in [-0.25, -0.2) is 0 Å². The summed E-state index contributed by atoms with van der Waals surface area (Å²) >= 11 is 0. The zero-order valence-electron chi connectivity index (χ0n) is 11.2. The first-order valence-corrected chi connectivity index (χ1v) is 5.65. The molecule has 17 heavy (non-hydrogen) atoms. The van der Waals surface area contributed by atoms with Crippen LogP contribution >= 0.6 is 0 Å². The standard InChI is InChI=1S/C14H20O3/c1-10(15)11-6-7-13(16-5)12(8-11)9-17-14(2,3)4/h6-8H,9H2,1-5H3. The van der Waals surface area contributed by atoms with E-state index in [9.17, 15) is 4.79 Å². The molecular formula is C14H20O3. The Morgan fingerprint density at radius 3 is 2.41 bits per heavy atom. The summed E-state index contributed by atoms with van der Waals surface area (Å²) in [6, 6.07) is 5.40. The van der Waals surface area contributed by atoms with Crippen molar-refractivity contribution in [3.8, 4) is 5.75 Å². The highest BCUT2D eigenvalue weighted by Crippen LogP contribution is 2.23. The maximum Gasteiger partial charge on any atom is 0.159 e. The van der Waals surface area contributed by atoms with Crippen LogP contribution < -0.4 is 4.74 Å². The Labute approximate surface area is 103 Å². The molecule has 1 aromatic rings. The molecule has 0 bridgehead atoms. The first kappa shape index (κ1) is 13.7. The number of methoxy groups -OCH3 is 1. The van der Waals surface area contributed by atoms with E-state index in [0.717, 1.165) is 11.3 Å². The van der Waals surface area contributed by atoms with Gasteiger partial charge in [0.15, 0.2) is 5.78 Å². The third-order valence-corrected chi connectivity index (χ3v) is 2.35. The number of benzene rings is 1. The fourth-order valence-corrected chi connectivity index (χ4v) is 1.40. The van der Waals surface area contributed by atoms with Crippen LogP contribution in [-0.4, -0.2) is 18.5 Å². The minimum Gasteiger partial charge on any atom is -0.496 e. The average molecular weight is 236 g/mol. The van der Waals surface area contributed by atoms with Gasteiger partial charge in [0.1, 0.15) is 5.75 Å². The molecule has 0 spiro atoms. The number of ether oxygens (including phenoxy) is 2. The second-order valence-corrected chi connectivity index (χ2v) is 4.98. The highest BCUT2D eigenvalue weighted by molar-refractivity contribution is 5.94. The van der Waals surface area contributed by atoms with Crippen molar-refractivity contribution in [2.45, 2.75) is 39.9 Å². The molecule has 0 radical (unpaired) electrons. The number of ketones is 1. The van der Waals surface area contributed by atoms with E-state index in [1.807, 2.05) is 26.8 Å². The Balaban J connectivity index is 2.94. The van der Waals surface area contributed by atoms with E-state index < -0.39 is 0 Å². The number of hydrogen-bond donors (Lipinski definition) is 0. The first-order chi connectivity index (χ1) is 7.83. The Morgan fingerprint density at radius 1 is 1.29 bits per heavy atom. The Kier molecular flexibility index (Phi) is 4.29. The fraction of sp³-hybridized carbons (Fsp3) is 0.500. The Morgan fingerprint density at radius 2 is 1.94 bits per heavy atom. The van der Waals surface area contributed by atoms with Crippen LogP contribution in [0.4, 0.5) is 0 Å². The molecule has 0 unspecified atom stereocenters. The molecule has 3 nitrogen and oxygen atoms in total. The molecule has 3 heteroatoms. The highest BCUT2D eigenvalue weighted by atomic mass is 16.5. The third-order valence-electron chi connectivity index (χ3n) is 2.35. The molecule has 0 saturated heterocycles. The number of hydrogen-bond acceptors (Lipinski definition) is 3. The number of carbonyl (C=O) groups excluding carboxylic acids is 1. The molecule has 1 rings (SSSR count). The minimum absolute atomic E-state index is 0.0460. The van der Waals surface area contributed by atoms with E-state index in [1.54, 1.807) is 26.2 Å². The fourth-order valence-electron chi connectivity index (χ4n) is 1.40. The van der Waals surface area contributed by atoms with Gasteiger partial charge in [-0.1, -0.05) is 0 Å². The van der Waals surface area contributed by atoms with Gasteiger partial charge in [-0.3, -0.25) is 4.79 Å². The van der Waals surface area contributed by atoms with Crippen LogP contribution in [0.1, 0.15) is 43.6 Å². The lowest BCUT2D eigenvalue weighted by Gasteiger charge is -2.20. The summed E-state index contributed by atoms with van der Waals surface area (Å²) in [5.41, 5.74) is 1.37. The molecule has 0 aromatic heterocycles. The van der Waals surface area contributed by atoms with Gasteiger partial charge in [0, 0.05) is 11.1 Å². The second-order valence-electron chi connectivity index (χ2n) is 4.98. The zero-order chi connectivity index (χ0) is 13.1. The molecule has 0 saturated carbocycles. The number of carbonyl (C=O) groups is 1. The van der Waals surface area contributed by atoms with Crippen molar-refractivity contribution in [3.63, 3.8) is 0 Å².